The van der Waals surface area contributed by atoms with E-state index in [1.54, 1.807) is 29.2 Å². The molecule has 4 rings (SSSR count). The van der Waals surface area contributed by atoms with E-state index in [4.69, 9.17) is 11.6 Å². The van der Waals surface area contributed by atoms with Gasteiger partial charge in [-0.1, -0.05) is 47.1 Å². The van der Waals surface area contributed by atoms with Crippen molar-refractivity contribution in [1.82, 2.24) is 19.9 Å². The molecule has 0 aliphatic carbocycles. The van der Waals surface area contributed by atoms with Crippen LogP contribution >= 0.6 is 11.6 Å². The highest BCUT2D eigenvalue weighted by atomic mass is 35.5. The monoisotopic (exact) mass is 338 g/mol. The summed E-state index contributed by atoms with van der Waals surface area (Å²) in [4.78, 5) is 14.2. The first-order valence-electron chi connectivity index (χ1n) is 7.73. The third-order valence-electron chi connectivity index (χ3n) is 4.19. The molecule has 120 valence electrons. The molecule has 0 atom stereocenters. The van der Waals surface area contributed by atoms with Gasteiger partial charge in [-0.2, -0.15) is 0 Å². The summed E-state index contributed by atoms with van der Waals surface area (Å²) in [5.74, 6) is 0.0197. The Labute approximate surface area is 144 Å². The van der Waals surface area contributed by atoms with E-state index >= 15 is 0 Å². The molecule has 0 bridgehead atoms. The molecule has 1 aliphatic heterocycles. The molecule has 3 aromatic rings. The SMILES string of the molecule is O=C(c1ccc(Cl)cc1)N1CC(n2cc(-c3ccccc3)nn2)C1. The summed E-state index contributed by atoms with van der Waals surface area (Å²) in [5, 5.41) is 9.05. The van der Waals surface area contributed by atoms with E-state index in [2.05, 4.69) is 10.3 Å². The highest BCUT2D eigenvalue weighted by molar-refractivity contribution is 6.30. The lowest BCUT2D eigenvalue weighted by Gasteiger charge is -2.38. The summed E-state index contributed by atoms with van der Waals surface area (Å²) in [5.41, 5.74) is 2.54. The van der Waals surface area contributed by atoms with Crippen LogP contribution in [0.25, 0.3) is 11.3 Å². The minimum Gasteiger partial charge on any atom is -0.334 e. The predicted molar refractivity (Wildman–Crippen MR) is 91.9 cm³/mol. The minimum absolute atomic E-state index is 0.0197. The van der Waals surface area contributed by atoms with Gasteiger partial charge in [0.25, 0.3) is 5.91 Å². The van der Waals surface area contributed by atoms with Gasteiger partial charge in [0, 0.05) is 29.2 Å². The summed E-state index contributed by atoms with van der Waals surface area (Å²) in [6.07, 6.45) is 1.93. The number of carbonyl (C=O) groups excluding carboxylic acids is 1. The lowest BCUT2D eigenvalue weighted by Crippen LogP contribution is -2.50. The topological polar surface area (TPSA) is 51.0 Å². The number of carbonyl (C=O) groups is 1. The lowest BCUT2D eigenvalue weighted by molar-refractivity contribution is 0.0498. The minimum atomic E-state index is 0.0197. The molecular weight excluding hydrogens is 324 g/mol. The number of nitrogens with zero attached hydrogens (tertiary/aromatic N) is 4. The zero-order chi connectivity index (χ0) is 16.5. The van der Waals surface area contributed by atoms with Gasteiger partial charge in [-0.3, -0.25) is 4.79 Å². The molecule has 6 heteroatoms. The van der Waals surface area contributed by atoms with E-state index in [-0.39, 0.29) is 11.9 Å². The van der Waals surface area contributed by atoms with Crippen LogP contribution in [0.4, 0.5) is 0 Å². The van der Waals surface area contributed by atoms with Crippen molar-refractivity contribution in [2.75, 3.05) is 13.1 Å². The fourth-order valence-electron chi connectivity index (χ4n) is 2.76. The van der Waals surface area contributed by atoms with E-state index in [0.717, 1.165) is 11.3 Å². The molecule has 1 amide bonds. The highest BCUT2D eigenvalue weighted by Crippen LogP contribution is 2.25. The number of halogens is 1. The maximum atomic E-state index is 12.4. The summed E-state index contributed by atoms with van der Waals surface area (Å²) in [6, 6.07) is 17.1. The number of hydrogen-bond donors (Lipinski definition) is 0. The van der Waals surface area contributed by atoms with E-state index in [1.807, 2.05) is 41.2 Å². The Morgan fingerprint density at radius 3 is 2.46 bits per heavy atom. The van der Waals surface area contributed by atoms with Crippen LogP contribution in [0.2, 0.25) is 5.02 Å². The van der Waals surface area contributed by atoms with Crippen LogP contribution < -0.4 is 0 Å². The summed E-state index contributed by atoms with van der Waals surface area (Å²) in [6.45, 7) is 1.28. The molecule has 0 saturated carbocycles. The molecular formula is C18H15ClN4O. The van der Waals surface area contributed by atoms with Crippen LogP contribution in [0.15, 0.2) is 60.8 Å². The van der Waals surface area contributed by atoms with Crippen molar-refractivity contribution in [3.63, 3.8) is 0 Å². The van der Waals surface area contributed by atoms with Crippen LogP contribution in [-0.2, 0) is 0 Å². The standard InChI is InChI=1S/C18H15ClN4O/c19-15-8-6-14(7-9-15)18(24)22-10-16(11-22)23-12-17(20-21-23)13-4-2-1-3-5-13/h1-9,12,16H,10-11H2. The molecule has 0 spiro atoms. The number of aromatic nitrogens is 3. The lowest BCUT2D eigenvalue weighted by atomic mass is 10.1. The number of likely N-dealkylation sites (tertiary alicyclic amines) is 1. The van der Waals surface area contributed by atoms with Crippen LogP contribution in [0.5, 0.6) is 0 Å². The quantitative estimate of drug-likeness (QED) is 0.736. The molecule has 1 aromatic heterocycles. The fraction of sp³-hybridized carbons (Fsp3) is 0.167. The Balaban J connectivity index is 1.42. The molecule has 1 fully saturated rings. The van der Waals surface area contributed by atoms with Crippen molar-refractivity contribution in [1.29, 1.82) is 0 Å². The van der Waals surface area contributed by atoms with Crippen LogP contribution in [0.3, 0.4) is 0 Å². The van der Waals surface area contributed by atoms with Gasteiger partial charge < -0.3 is 4.90 Å². The fourth-order valence-corrected chi connectivity index (χ4v) is 2.89. The Kier molecular flexibility index (Phi) is 3.78. The van der Waals surface area contributed by atoms with Crippen LogP contribution in [0, 0.1) is 0 Å². The van der Waals surface area contributed by atoms with Crippen LogP contribution in [-0.4, -0.2) is 38.9 Å². The molecule has 2 aromatic carbocycles. The predicted octanol–water partition coefficient (Wildman–Crippen LogP) is 3.30. The largest absolute Gasteiger partial charge is 0.334 e. The summed E-state index contributed by atoms with van der Waals surface area (Å²) in [7, 11) is 0. The van der Waals surface area contributed by atoms with Crippen molar-refractivity contribution in [2.45, 2.75) is 6.04 Å². The van der Waals surface area contributed by atoms with Crippen LogP contribution in [0.1, 0.15) is 16.4 Å². The molecule has 0 N–H and O–H groups in total. The van der Waals surface area contributed by atoms with Gasteiger partial charge in [0.2, 0.25) is 0 Å². The first-order valence-corrected chi connectivity index (χ1v) is 8.10. The van der Waals surface area contributed by atoms with E-state index in [1.165, 1.54) is 0 Å². The van der Waals surface area contributed by atoms with Crippen molar-refractivity contribution in [2.24, 2.45) is 0 Å². The Bertz CT molecular complexity index is 854. The van der Waals surface area contributed by atoms with Crippen molar-refractivity contribution >= 4 is 17.5 Å². The Morgan fingerprint density at radius 1 is 1.04 bits per heavy atom. The average Bonchev–Trinajstić information content (AvgIpc) is 3.04. The second kappa shape index (κ2) is 6.09. The van der Waals surface area contributed by atoms with E-state index in [0.29, 0.717) is 23.7 Å². The van der Waals surface area contributed by atoms with Gasteiger partial charge in [0.05, 0.1) is 12.2 Å². The number of benzene rings is 2. The third-order valence-corrected chi connectivity index (χ3v) is 4.45. The number of amides is 1. The second-order valence-electron chi connectivity index (χ2n) is 5.82. The Hall–Kier alpha value is -2.66. The maximum absolute atomic E-state index is 12.4. The van der Waals surface area contributed by atoms with Gasteiger partial charge >= 0.3 is 0 Å². The molecule has 0 unspecified atom stereocenters. The van der Waals surface area contributed by atoms with Crippen molar-refractivity contribution in [3.05, 3.63) is 71.4 Å². The summed E-state index contributed by atoms with van der Waals surface area (Å²) < 4.78 is 1.84. The van der Waals surface area contributed by atoms with Gasteiger partial charge in [-0.25, -0.2) is 4.68 Å². The summed E-state index contributed by atoms with van der Waals surface area (Å²) >= 11 is 5.86. The zero-order valence-electron chi connectivity index (χ0n) is 12.8. The Morgan fingerprint density at radius 2 is 1.75 bits per heavy atom. The highest BCUT2D eigenvalue weighted by Gasteiger charge is 2.33. The molecule has 2 heterocycles. The average molecular weight is 339 g/mol. The molecule has 5 nitrogen and oxygen atoms in total. The van der Waals surface area contributed by atoms with Crippen molar-refractivity contribution < 1.29 is 4.79 Å². The van der Waals surface area contributed by atoms with Gasteiger partial charge in [0.15, 0.2) is 0 Å². The molecule has 0 radical (unpaired) electrons. The van der Waals surface area contributed by atoms with Gasteiger partial charge in [-0.15, -0.1) is 5.10 Å². The van der Waals surface area contributed by atoms with E-state index in [9.17, 15) is 4.79 Å². The first kappa shape index (κ1) is 14.9. The van der Waals surface area contributed by atoms with Crippen molar-refractivity contribution in [3.8, 4) is 11.3 Å². The molecule has 1 aliphatic rings. The number of hydrogen-bond acceptors (Lipinski definition) is 3. The molecule has 1 saturated heterocycles. The third kappa shape index (κ3) is 2.78. The first-order chi connectivity index (χ1) is 11.7. The van der Waals surface area contributed by atoms with Gasteiger partial charge in [-0.05, 0) is 24.3 Å². The smallest absolute Gasteiger partial charge is 0.254 e. The zero-order valence-corrected chi connectivity index (χ0v) is 13.6. The number of rotatable bonds is 3. The maximum Gasteiger partial charge on any atom is 0.254 e. The molecule has 24 heavy (non-hydrogen) atoms. The van der Waals surface area contributed by atoms with Gasteiger partial charge in [0.1, 0.15) is 5.69 Å². The van der Waals surface area contributed by atoms with E-state index < -0.39 is 0 Å². The normalized spacial score (nSPS) is 14.5. The second-order valence-corrected chi connectivity index (χ2v) is 6.26.